The highest BCUT2D eigenvalue weighted by molar-refractivity contribution is 6.04. The molecule has 6 aromatic heterocycles. The van der Waals surface area contributed by atoms with E-state index in [1.165, 1.54) is 44.5 Å². The summed E-state index contributed by atoms with van der Waals surface area (Å²) in [6.45, 7) is 57.9. The molecule has 0 amide bonds. The van der Waals surface area contributed by atoms with E-state index in [1.54, 1.807) is 0 Å². The predicted molar refractivity (Wildman–Crippen MR) is 628 cm³/mol. The van der Waals surface area contributed by atoms with E-state index in [2.05, 4.69) is 453 Å². The monoisotopic (exact) mass is 1960 g/mol. The fourth-order valence-corrected chi connectivity index (χ4v) is 20.9. The highest BCUT2D eigenvalue weighted by Gasteiger charge is 2.32. The van der Waals surface area contributed by atoms with E-state index in [0.29, 0.717) is 26.4 Å². The van der Waals surface area contributed by atoms with Crippen LogP contribution in [-0.4, -0.2) is 66.3 Å². The number of nitrogens with zero attached hydrogens (tertiary/aromatic N) is 4. The lowest BCUT2D eigenvalue weighted by molar-refractivity contribution is 0.297. The van der Waals surface area contributed by atoms with Crippen molar-refractivity contribution in [1.82, 2.24) is 39.9 Å². The van der Waals surface area contributed by atoms with Crippen molar-refractivity contribution >= 4 is 92.7 Å². The summed E-state index contributed by atoms with van der Waals surface area (Å²) in [5.41, 5.74) is 39.4. The summed E-state index contributed by atoms with van der Waals surface area (Å²) >= 11 is 0. The number of nitrogens with one attached hydrogen (secondary N) is 4. The SMILES string of the molecule is CC(C)(C)c1cc(-c2c3nc(c4c5ccc([nH]5)c(-c5cc(C(C)(C)C)cc(C(C)(C)C)c5)c5nc(c(c6ccc2[nH]6)-c2cccc(c2)OCCCCCCCCOc2cccc(c2)-c2c6nc(c(-c7cc(C(C)(C)C)cc(C(C)(C)C)c7)c7ccc([nH]7)c(c7nc(c(-c8cc(C(C)(C)C)cc(C(C)(C)C)c8)c8ccc2[nH]8)C=C7)-c2cccc(c2)OCCCCCCCCOc2cccc-4c2)C=C6)C=C5)C=C3)cc(C(C)(C)C)c1. The van der Waals surface area contributed by atoms with Gasteiger partial charge in [0.1, 0.15) is 23.0 Å². The van der Waals surface area contributed by atoms with Crippen molar-refractivity contribution in [3.63, 3.8) is 0 Å². The molecule has 12 nitrogen and oxygen atoms in total. The molecule has 20 rings (SSSR count). The molecule has 14 aromatic rings. The van der Waals surface area contributed by atoms with Crippen molar-refractivity contribution in [3.05, 3.63) is 308 Å². The van der Waals surface area contributed by atoms with E-state index in [9.17, 15) is 0 Å². The van der Waals surface area contributed by atoms with Gasteiger partial charge in [-0.15, -0.1) is 0 Å². The molecule has 0 spiro atoms. The second kappa shape index (κ2) is 41.0. The number of aromatic nitrogens is 8. The maximum atomic E-state index is 6.86. The third kappa shape index (κ3) is 22.7. The van der Waals surface area contributed by atoms with Crippen LogP contribution in [0.4, 0.5) is 0 Å². The first kappa shape index (κ1) is 103. The summed E-state index contributed by atoms with van der Waals surface area (Å²) in [6, 6.07) is 81.4. The standard InChI is InChI=1S/C136H152N8O4/c1-129(2,3)93-69-89(70-94(81-93)130(4,5)6)125-113-57-49-105(137-113)121-85-41-37-45-101(77-85)145-65-33-29-25-27-31-35-67-147-103-47-39-43-87(79-103)123-109-53-61-117(141-109)127(91-73-97(133(13,14)15)83-98(74-91)134(16,17)18)118-62-54-110(142-118)124(112-56-64-120(144-112)128(119-63-55-111(123)143-119)92-75-99(135(19,20)21)84-100(76-92)136(22,23)24)88-44-40-48-104(80-88)148-68-36-32-28-26-30-34-66-146-102-46-38-42-86(78-102)122(106-50-58-114(125)138-106)108-52-60-116(140-108)126(115-59-51-107(121)139-115)90-71-95(131(7,8)9)82-96(72-90)132(10,11)12/h37-64,69-84,137,140-141,144H,25-36,65-68H2,1-24H3. The molecule has 12 heterocycles. The van der Waals surface area contributed by atoms with Crippen LogP contribution in [0.25, 0.3) is 182 Å². The van der Waals surface area contributed by atoms with Crippen LogP contribution in [0.2, 0.25) is 0 Å². The minimum atomic E-state index is -0.155. The lowest BCUT2D eigenvalue weighted by Gasteiger charge is -2.26. The molecule has 148 heavy (non-hydrogen) atoms. The lowest BCUT2D eigenvalue weighted by atomic mass is 9.78. The summed E-state index contributed by atoms with van der Waals surface area (Å²) in [5, 5.41) is 0. The molecule has 6 aliphatic heterocycles. The Morgan fingerprint density at radius 2 is 0.318 bits per heavy atom. The van der Waals surface area contributed by atoms with Crippen molar-refractivity contribution in [2.24, 2.45) is 0 Å². The molecule has 0 aliphatic carbocycles. The van der Waals surface area contributed by atoms with Gasteiger partial charge in [0.15, 0.2) is 0 Å². The molecule has 0 saturated carbocycles. The average Bonchev–Trinajstić information content (AvgIpc) is 1.60. The molecule has 6 aliphatic rings. The molecule has 0 fully saturated rings. The van der Waals surface area contributed by atoms with E-state index < -0.39 is 0 Å². The first-order valence-electron chi connectivity index (χ1n) is 54.3. The van der Waals surface area contributed by atoms with Gasteiger partial charge in [0.05, 0.1) is 72.0 Å². The van der Waals surface area contributed by atoms with Gasteiger partial charge >= 0.3 is 0 Å². The molecule has 8 aromatic carbocycles. The van der Waals surface area contributed by atoms with Crippen LogP contribution in [0.3, 0.4) is 0 Å². The average molecular weight is 1960 g/mol. The quantitative estimate of drug-likeness (QED) is 0.136. The second-order valence-corrected chi connectivity index (χ2v) is 49.9. The van der Waals surface area contributed by atoms with Crippen LogP contribution in [0.1, 0.15) is 333 Å². The number of rotatable bonds is 4. The van der Waals surface area contributed by atoms with Gasteiger partial charge in [-0.25, -0.2) is 19.9 Å². The Balaban J connectivity index is 0.715. The number of hydrogen-bond donors (Lipinski definition) is 4. The van der Waals surface area contributed by atoms with E-state index >= 15 is 0 Å². The molecule has 0 unspecified atom stereocenters. The Hall–Kier alpha value is -13.8. The molecule has 12 heteroatoms. The minimum absolute atomic E-state index is 0.155. The third-order valence-corrected chi connectivity index (χ3v) is 30.0. The Morgan fingerprint density at radius 3 is 0.473 bits per heavy atom. The number of benzene rings is 8. The molecule has 4 N–H and O–H groups in total. The molecular formula is C136H152N8O4. The van der Waals surface area contributed by atoms with E-state index in [-0.39, 0.29) is 43.3 Å². The number of H-pyrrole nitrogens is 4. The Morgan fingerprint density at radius 1 is 0.169 bits per heavy atom. The van der Waals surface area contributed by atoms with E-state index in [4.69, 9.17) is 38.9 Å². The van der Waals surface area contributed by atoms with Gasteiger partial charge in [-0.05, 0) is 304 Å². The summed E-state index contributed by atoms with van der Waals surface area (Å²) in [7, 11) is 0. The summed E-state index contributed by atoms with van der Waals surface area (Å²) < 4.78 is 27.4. The summed E-state index contributed by atoms with van der Waals surface area (Å²) in [5.74, 6) is 3.25. The predicted octanol–water partition coefficient (Wildman–Crippen LogP) is 37.3. The maximum absolute atomic E-state index is 6.86. The van der Waals surface area contributed by atoms with Crippen LogP contribution < -0.4 is 18.9 Å². The maximum Gasteiger partial charge on any atom is 0.119 e. The van der Waals surface area contributed by atoms with Crippen molar-refractivity contribution in [1.29, 1.82) is 0 Å². The smallest absolute Gasteiger partial charge is 0.119 e. The normalized spacial score (nSPS) is 14.7. The van der Waals surface area contributed by atoms with Gasteiger partial charge in [-0.1, -0.05) is 339 Å². The Bertz CT molecular complexity index is 6860. The zero-order valence-corrected chi connectivity index (χ0v) is 92.1. The number of fused-ring (bicyclic) bond motifs is 22. The molecule has 0 atom stereocenters. The van der Waals surface area contributed by atoms with Crippen molar-refractivity contribution in [2.75, 3.05) is 26.4 Å². The third-order valence-electron chi connectivity index (χ3n) is 30.0. The topological polar surface area (TPSA) is 152 Å². The highest BCUT2D eigenvalue weighted by atomic mass is 16.5. The zero-order valence-electron chi connectivity index (χ0n) is 92.1. The fourth-order valence-electron chi connectivity index (χ4n) is 20.9. The molecule has 0 saturated heterocycles. The summed E-state index contributed by atoms with van der Waals surface area (Å²) in [4.78, 5) is 40.0. The van der Waals surface area contributed by atoms with Crippen LogP contribution in [-0.2, 0) is 43.3 Å². The first-order valence-corrected chi connectivity index (χ1v) is 54.3. The fraction of sp³-hybridized carbons (Fsp3) is 0.353. The van der Waals surface area contributed by atoms with Gasteiger partial charge in [-0.2, -0.15) is 0 Å². The van der Waals surface area contributed by atoms with E-state index in [1.807, 2.05) is 0 Å². The molecule has 28 bridgehead atoms. The molecule has 760 valence electrons. The van der Waals surface area contributed by atoms with Gasteiger partial charge in [0.2, 0.25) is 0 Å². The van der Waals surface area contributed by atoms with Gasteiger partial charge in [0, 0.05) is 88.6 Å². The van der Waals surface area contributed by atoms with Crippen LogP contribution >= 0.6 is 0 Å². The largest absolute Gasteiger partial charge is 0.494 e. The molecule has 0 radical (unpaired) electrons. The zero-order chi connectivity index (χ0) is 104. The second-order valence-electron chi connectivity index (χ2n) is 49.9. The molecular weight excluding hydrogens is 1810 g/mol. The highest BCUT2D eigenvalue weighted by Crippen LogP contribution is 2.49. The number of hydrogen-bond acceptors (Lipinski definition) is 8. The Labute approximate surface area is 879 Å². The first-order chi connectivity index (χ1) is 70.3. The Kier molecular flexibility index (Phi) is 28.5. The van der Waals surface area contributed by atoms with Crippen LogP contribution in [0.5, 0.6) is 23.0 Å². The van der Waals surface area contributed by atoms with Crippen LogP contribution in [0.15, 0.2) is 218 Å². The lowest BCUT2D eigenvalue weighted by Crippen LogP contribution is -2.16. The van der Waals surface area contributed by atoms with Gasteiger partial charge in [0.25, 0.3) is 0 Å². The minimum Gasteiger partial charge on any atom is -0.494 e. The van der Waals surface area contributed by atoms with Crippen LogP contribution in [0, 0.1) is 0 Å². The van der Waals surface area contributed by atoms with Gasteiger partial charge in [-0.3, -0.25) is 0 Å². The summed E-state index contributed by atoms with van der Waals surface area (Å²) in [6.07, 6.45) is 29.9. The van der Waals surface area contributed by atoms with Crippen molar-refractivity contribution in [3.8, 4) is 112 Å². The number of aromatic amines is 4. The number of ether oxygens (including phenoxy) is 4. The van der Waals surface area contributed by atoms with Crippen molar-refractivity contribution in [2.45, 2.75) is 287 Å². The van der Waals surface area contributed by atoms with Crippen molar-refractivity contribution < 1.29 is 18.9 Å². The van der Waals surface area contributed by atoms with Gasteiger partial charge < -0.3 is 38.9 Å². The van der Waals surface area contributed by atoms with E-state index in [0.717, 1.165) is 279 Å².